The molecule has 2 amide bonds. The molecule has 27 heavy (non-hydrogen) atoms. The molecule has 2 fully saturated rings. The number of carbonyl (C=O) groups excluding carboxylic acids is 2. The van der Waals surface area contributed by atoms with Crippen molar-refractivity contribution in [3.63, 3.8) is 0 Å². The first-order chi connectivity index (χ1) is 13.0. The quantitative estimate of drug-likeness (QED) is 0.854. The lowest BCUT2D eigenvalue weighted by Gasteiger charge is -2.39. The maximum absolute atomic E-state index is 13.6. The summed E-state index contributed by atoms with van der Waals surface area (Å²) in [6, 6.07) is 13.9. The Morgan fingerprint density at radius 2 is 1.85 bits per heavy atom. The van der Waals surface area contributed by atoms with Gasteiger partial charge in [0.05, 0.1) is 10.9 Å². The Hall–Kier alpha value is -2.40. The summed E-state index contributed by atoms with van der Waals surface area (Å²) in [6.45, 7) is 1.07. The number of piperidine rings is 1. The topological polar surface area (TPSA) is 49.4 Å². The van der Waals surface area contributed by atoms with Gasteiger partial charge in [-0.2, -0.15) is 0 Å². The van der Waals surface area contributed by atoms with Gasteiger partial charge in [0, 0.05) is 24.2 Å². The molecule has 2 aromatic rings. The van der Waals surface area contributed by atoms with Crippen LogP contribution in [-0.2, 0) is 4.79 Å². The van der Waals surface area contributed by atoms with Gasteiger partial charge in [-0.05, 0) is 43.0 Å². The zero-order valence-electron chi connectivity index (χ0n) is 14.8. The summed E-state index contributed by atoms with van der Waals surface area (Å²) in [4.78, 5) is 26.9. The minimum absolute atomic E-state index is 0.00442. The zero-order chi connectivity index (χ0) is 19.0. The summed E-state index contributed by atoms with van der Waals surface area (Å²) in [7, 11) is 0. The molecule has 4 rings (SSSR count). The standard InChI is InChI=1S/C21H20ClFN2O2/c22-17-7-6-15(12-18(17)23)20(27)25-10-8-21(9-11-25)13-16(19(26)24-21)14-4-2-1-3-5-14/h1-7,12,16H,8-11,13H2,(H,24,26). The third-order valence-electron chi connectivity index (χ3n) is 5.68. The number of nitrogens with zero attached hydrogens (tertiary/aromatic N) is 1. The summed E-state index contributed by atoms with van der Waals surface area (Å²) in [6.07, 6.45) is 2.14. The Morgan fingerprint density at radius 3 is 2.52 bits per heavy atom. The lowest BCUT2D eigenvalue weighted by molar-refractivity contribution is -0.121. The molecule has 0 bridgehead atoms. The van der Waals surface area contributed by atoms with E-state index in [1.807, 2.05) is 30.3 Å². The molecule has 0 aromatic heterocycles. The fourth-order valence-corrected chi connectivity index (χ4v) is 4.23. The van der Waals surface area contributed by atoms with E-state index in [0.29, 0.717) is 31.5 Å². The monoisotopic (exact) mass is 386 g/mol. The van der Waals surface area contributed by atoms with Crippen LogP contribution in [0.1, 0.15) is 41.1 Å². The number of nitrogens with one attached hydrogen (secondary N) is 1. The molecular weight excluding hydrogens is 367 g/mol. The van der Waals surface area contributed by atoms with Crippen molar-refractivity contribution in [1.82, 2.24) is 10.2 Å². The van der Waals surface area contributed by atoms with Crippen molar-refractivity contribution in [1.29, 1.82) is 0 Å². The largest absolute Gasteiger partial charge is 0.350 e. The van der Waals surface area contributed by atoms with Gasteiger partial charge in [-0.1, -0.05) is 41.9 Å². The van der Waals surface area contributed by atoms with Crippen LogP contribution in [0.5, 0.6) is 0 Å². The van der Waals surface area contributed by atoms with Gasteiger partial charge in [0.1, 0.15) is 5.82 Å². The van der Waals surface area contributed by atoms with E-state index in [1.165, 1.54) is 12.1 Å². The van der Waals surface area contributed by atoms with E-state index in [9.17, 15) is 14.0 Å². The summed E-state index contributed by atoms with van der Waals surface area (Å²) in [5, 5.41) is 3.18. The number of benzene rings is 2. The molecule has 0 aliphatic carbocycles. The van der Waals surface area contributed by atoms with Crippen LogP contribution >= 0.6 is 11.6 Å². The third kappa shape index (κ3) is 3.44. The highest BCUT2D eigenvalue weighted by Crippen LogP contribution is 2.39. The third-order valence-corrected chi connectivity index (χ3v) is 5.98. The predicted octanol–water partition coefficient (Wildman–Crippen LogP) is 3.76. The fourth-order valence-electron chi connectivity index (χ4n) is 4.12. The molecule has 2 aliphatic rings. The van der Waals surface area contributed by atoms with Gasteiger partial charge in [0.25, 0.3) is 5.91 Å². The Morgan fingerprint density at radius 1 is 1.15 bits per heavy atom. The van der Waals surface area contributed by atoms with E-state index in [1.54, 1.807) is 11.0 Å². The molecule has 2 aliphatic heterocycles. The molecule has 2 saturated heterocycles. The minimum Gasteiger partial charge on any atom is -0.350 e. The lowest BCUT2D eigenvalue weighted by Crippen LogP contribution is -2.52. The van der Waals surface area contributed by atoms with Gasteiger partial charge in [-0.15, -0.1) is 0 Å². The van der Waals surface area contributed by atoms with Gasteiger partial charge in [-0.3, -0.25) is 9.59 Å². The molecule has 1 unspecified atom stereocenters. The smallest absolute Gasteiger partial charge is 0.253 e. The van der Waals surface area contributed by atoms with Crippen LogP contribution in [0.2, 0.25) is 5.02 Å². The van der Waals surface area contributed by atoms with Crippen molar-refractivity contribution in [2.24, 2.45) is 0 Å². The van der Waals surface area contributed by atoms with Gasteiger partial charge in [-0.25, -0.2) is 4.39 Å². The summed E-state index contributed by atoms with van der Waals surface area (Å²) in [5.74, 6) is -0.881. The Balaban J connectivity index is 1.43. The molecule has 0 radical (unpaired) electrons. The highest BCUT2D eigenvalue weighted by Gasteiger charge is 2.46. The van der Waals surface area contributed by atoms with Gasteiger partial charge >= 0.3 is 0 Å². The number of hydrogen-bond acceptors (Lipinski definition) is 2. The second-order valence-corrected chi connectivity index (χ2v) is 7.77. The van der Waals surface area contributed by atoms with E-state index >= 15 is 0 Å². The van der Waals surface area contributed by atoms with Crippen LogP contribution in [0.3, 0.4) is 0 Å². The van der Waals surface area contributed by atoms with E-state index < -0.39 is 5.82 Å². The van der Waals surface area contributed by atoms with Crippen molar-refractivity contribution in [2.45, 2.75) is 30.7 Å². The van der Waals surface area contributed by atoms with Crippen molar-refractivity contribution >= 4 is 23.4 Å². The highest BCUT2D eigenvalue weighted by atomic mass is 35.5. The molecule has 0 saturated carbocycles. The number of rotatable bonds is 2. The molecule has 6 heteroatoms. The van der Waals surface area contributed by atoms with Gasteiger partial charge in [0.15, 0.2) is 0 Å². The Bertz CT molecular complexity index is 879. The molecule has 2 heterocycles. The average molecular weight is 387 g/mol. The lowest BCUT2D eigenvalue weighted by atomic mass is 9.82. The van der Waals surface area contributed by atoms with Crippen LogP contribution in [0.25, 0.3) is 0 Å². The molecule has 1 N–H and O–H groups in total. The van der Waals surface area contributed by atoms with E-state index in [-0.39, 0.29) is 28.3 Å². The van der Waals surface area contributed by atoms with Crippen molar-refractivity contribution in [2.75, 3.05) is 13.1 Å². The predicted molar refractivity (Wildman–Crippen MR) is 101 cm³/mol. The summed E-state index contributed by atoms with van der Waals surface area (Å²) < 4.78 is 13.6. The van der Waals surface area contributed by atoms with E-state index in [2.05, 4.69) is 5.32 Å². The minimum atomic E-state index is -0.593. The van der Waals surface area contributed by atoms with Gasteiger partial charge < -0.3 is 10.2 Å². The first kappa shape index (κ1) is 18.0. The first-order valence-corrected chi connectivity index (χ1v) is 9.47. The molecular formula is C21H20ClFN2O2. The van der Waals surface area contributed by atoms with Crippen molar-refractivity contribution in [3.8, 4) is 0 Å². The molecule has 2 aromatic carbocycles. The molecule has 1 atom stereocenters. The average Bonchev–Trinajstić information content (AvgIpc) is 3.00. The highest BCUT2D eigenvalue weighted by molar-refractivity contribution is 6.30. The van der Waals surface area contributed by atoms with Crippen LogP contribution < -0.4 is 5.32 Å². The summed E-state index contributed by atoms with van der Waals surface area (Å²) >= 11 is 5.69. The number of likely N-dealkylation sites (tertiary alicyclic amines) is 1. The summed E-state index contributed by atoms with van der Waals surface area (Å²) in [5.41, 5.74) is 1.06. The van der Waals surface area contributed by atoms with Crippen LogP contribution in [0.15, 0.2) is 48.5 Å². The Kier molecular flexibility index (Phi) is 4.64. The maximum Gasteiger partial charge on any atom is 0.253 e. The molecule has 140 valence electrons. The van der Waals surface area contributed by atoms with Crippen molar-refractivity contribution < 1.29 is 14.0 Å². The second-order valence-electron chi connectivity index (χ2n) is 7.36. The normalized spacial score (nSPS) is 21.3. The van der Waals surface area contributed by atoms with E-state index in [0.717, 1.165) is 12.0 Å². The first-order valence-electron chi connectivity index (χ1n) is 9.09. The number of amides is 2. The SMILES string of the molecule is O=C1NC2(CCN(C(=O)c3ccc(Cl)c(F)c3)CC2)CC1c1ccccc1. The fraction of sp³-hybridized carbons (Fsp3) is 0.333. The van der Waals surface area contributed by atoms with E-state index in [4.69, 9.17) is 11.6 Å². The number of carbonyl (C=O) groups is 2. The van der Waals surface area contributed by atoms with Gasteiger partial charge in [0.2, 0.25) is 5.91 Å². The number of halogens is 2. The Labute approximate surface area is 162 Å². The number of hydrogen-bond donors (Lipinski definition) is 1. The van der Waals surface area contributed by atoms with Crippen LogP contribution in [0, 0.1) is 5.82 Å². The molecule has 1 spiro atoms. The molecule has 4 nitrogen and oxygen atoms in total. The zero-order valence-corrected chi connectivity index (χ0v) is 15.5. The van der Waals surface area contributed by atoms with Crippen LogP contribution in [-0.4, -0.2) is 35.3 Å². The van der Waals surface area contributed by atoms with Crippen LogP contribution in [0.4, 0.5) is 4.39 Å². The van der Waals surface area contributed by atoms with Crippen molar-refractivity contribution in [3.05, 3.63) is 70.5 Å². The second kappa shape index (κ2) is 6.97. The maximum atomic E-state index is 13.6.